The zero-order chi connectivity index (χ0) is 9.78. The number of rotatable bonds is 4. The van der Waals surface area contributed by atoms with Crippen LogP contribution < -0.4 is 0 Å². The Labute approximate surface area is 70.5 Å². The summed E-state index contributed by atoms with van der Waals surface area (Å²) in [5.74, 6) is -1.72. The van der Waals surface area contributed by atoms with Crippen molar-refractivity contribution in [1.29, 1.82) is 0 Å². The minimum absolute atomic E-state index is 0.0207. The number of allylic oxidation sites excluding steroid dienone is 1. The highest BCUT2D eigenvalue weighted by Crippen LogP contribution is 2.02. The molecule has 0 atom stereocenters. The first-order valence-electron chi connectivity index (χ1n) is 3.20. The standard InChI is InChI=1S/C6H10O5S/c1-2-5(6(7)8)3-4-12(9,10)11/h2H,3-4H2,1H3,(H,7,8)(H,9,10,11). The van der Waals surface area contributed by atoms with E-state index in [0.717, 1.165) is 0 Å². The molecule has 0 saturated carbocycles. The molecule has 2 N–H and O–H groups in total. The highest BCUT2D eigenvalue weighted by molar-refractivity contribution is 7.85. The summed E-state index contributed by atoms with van der Waals surface area (Å²) in [5.41, 5.74) is -0.0207. The molecule has 0 spiro atoms. The van der Waals surface area contributed by atoms with Crippen molar-refractivity contribution in [3.05, 3.63) is 11.6 Å². The monoisotopic (exact) mass is 194 g/mol. The van der Waals surface area contributed by atoms with Crippen molar-refractivity contribution in [1.82, 2.24) is 0 Å². The van der Waals surface area contributed by atoms with Gasteiger partial charge in [-0.1, -0.05) is 6.08 Å². The summed E-state index contributed by atoms with van der Waals surface area (Å²) < 4.78 is 28.7. The van der Waals surface area contributed by atoms with Crippen molar-refractivity contribution in [2.45, 2.75) is 13.3 Å². The fourth-order valence-corrected chi connectivity index (χ4v) is 1.09. The molecule has 0 heterocycles. The quantitative estimate of drug-likeness (QED) is 0.496. The van der Waals surface area contributed by atoms with Gasteiger partial charge in [-0.15, -0.1) is 0 Å². The molecule has 0 amide bonds. The molecule has 5 nitrogen and oxygen atoms in total. The van der Waals surface area contributed by atoms with Crippen molar-refractivity contribution in [3.63, 3.8) is 0 Å². The fraction of sp³-hybridized carbons (Fsp3) is 0.500. The molecule has 0 aromatic heterocycles. The van der Waals surface area contributed by atoms with Crippen LogP contribution >= 0.6 is 0 Å². The second-order valence-corrected chi connectivity index (χ2v) is 3.73. The van der Waals surface area contributed by atoms with Crippen LogP contribution in [0.4, 0.5) is 0 Å². The largest absolute Gasteiger partial charge is 0.478 e. The minimum atomic E-state index is -4.07. The molecule has 0 aliphatic heterocycles. The summed E-state index contributed by atoms with van der Waals surface area (Å²) in [6.07, 6.45) is 1.12. The maximum Gasteiger partial charge on any atom is 0.331 e. The van der Waals surface area contributed by atoms with Crippen LogP contribution in [0.25, 0.3) is 0 Å². The fourth-order valence-electron chi connectivity index (χ4n) is 0.614. The van der Waals surface area contributed by atoms with Gasteiger partial charge in [0.05, 0.1) is 5.75 Å². The highest BCUT2D eigenvalue weighted by atomic mass is 32.2. The second kappa shape index (κ2) is 4.22. The molecule has 0 radical (unpaired) electrons. The molecule has 0 rings (SSSR count). The Morgan fingerprint density at radius 3 is 2.25 bits per heavy atom. The van der Waals surface area contributed by atoms with Crippen LogP contribution in [0.1, 0.15) is 13.3 Å². The van der Waals surface area contributed by atoms with E-state index in [4.69, 9.17) is 9.66 Å². The third kappa shape index (κ3) is 4.86. The summed E-state index contributed by atoms with van der Waals surface area (Å²) in [5, 5.41) is 8.43. The smallest absolute Gasteiger partial charge is 0.331 e. The van der Waals surface area contributed by atoms with E-state index in [9.17, 15) is 13.2 Å². The number of aliphatic carboxylic acids is 1. The Bertz CT molecular complexity index is 287. The molecule has 0 aromatic carbocycles. The van der Waals surface area contributed by atoms with Crippen LogP contribution in [0.3, 0.4) is 0 Å². The average molecular weight is 194 g/mol. The zero-order valence-electron chi connectivity index (χ0n) is 6.52. The Morgan fingerprint density at radius 1 is 1.50 bits per heavy atom. The van der Waals surface area contributed by atoms with E-state index in [-0.39, 0.29) is 12.0 Å². The molecule has 70 valence electrons. The third-order valence-corrected chi connectivity index (χ3v) is 1.97. The molecule has 0 unspecified atom stereocenters. The lowest BCUT2D eigenvalue weighted by Crippen LogP contribution is -2.09. The summed E-state index contributed by atoms with van der Waals surface area (Å²) in [7, 11) is -4.07. The normalized spacial score (nSPS) is 13.0. The van der Waals surface area contributed by atoms with Gasteiger partial charge in [0.2, 0.25) is 0 Å². The maximum absolute atomic E-state index is 10.3. The number of carbonyl (C=O) groups is 1. The Kier molecular flexibility index (Phi) is 3.91. The van der Waals surface area contributed by atoms with Gasteiger partial charge < -0.3 is 5.11 Å². The van der Waals surface area contributed by atoms with Crippen LogP contribution in [-0.4, -0.2) is 29.8 Å². The number of carboxylic acid groups (broad SMARTS) is 1. The Hall–Kier alpha value is -0.880. The van der Waals surface area contributed by atoms with E-state index >= 15 is 0 Å². The first-order chi connectivity index (χ1) is 5.37. The molecule has 0 saturated heterocycles. The predicted octanol–water partition coefficient (Wildman–Crippen LogP) is 0.295. The molecule has 0 aromatic rings. The van der Waals surface area contributed by atoms with Gasteiger partial charge in [-0.25, -0.2) is 4.79 Å². The minimum Gasteiger partial charge on any atom is -0.478 e. The van der Waals surface area contributed by atoms with Crippen LogP contribution in [-0.2, 0) is 14.9 Å². The summed E-state index contributed by atoms with van der Waals surface area (Å²) in [6.45, 7) is 1.49. The van der Waals surface area contributed by atoms with Gasteiger partial charge in [0.1, 0.15) is 0 Å². The van der Waals surface area contributed by atoms with E-state index in [2.05, 4.69) is 0 Å². The zero-order valence-corrected chi connectivity index (χ0v) is 7.34. The summed E-state index contributed by atoms with van der Waals surface area (Å²) >= 11 is 0. The van der Waals surface area contributed by atoms with E-state index in [1.807, 2.05) is 0 Å². The lowest BCUT2D eigenvalue weighted by atomic mass is 10.2. The average Bonchev–Trinajstić information content (AvgIpc) is 1.85. The molecule has 0 aliphatic carbocycles. The maximum atomic E-state index is 10.3. The van der Waals surface area contributed by atoms with E-state index in [1.54, 1.807) is 0 Å². The van der Waals surface area contributed by atoms with Crippen LogP contribution in [0.5, 0.6) is 0 Å². The van der Waals surface area contributed by atoms with E-state index in [0.29, 0.717) is 0 Å². The molecule has 0 fully saturated rings. The number of carboxylic acids is 1. The van der Waals surface area contributed by atoms with Gasteiger partial charge in [0.15, 0.2) is 0 Å². The van der Waals surface area contributed by atoms with Gasteiger partial charge in [-0.05, 0) is 13.3 Å². The van der Waals surface area contributed by atoms with Crippen molar-refractivity contribution < 1.29 is 22.9 Å². The topological polar surface area (TPSA) is 91.7 Å². The predicted molar refractivity (Wildman–Crippen MR) is 42.4 cm³/mol. The molecule has 0 bridgehead atoms. The van der Waals surface area contributed by atoms with Gasteiger partial charge in [-0.2, -0.15) is 8.42 Å². The van der Waals surface area contributed by atoms with Crippen molar-refractivity contribution >= 4 is 16.1 Å². The van der Waals surface area contributed by atoms with E-state index in [1.165, 1.54) is 13.0 Å². The lowest BCUT2D eigenvalue weighted by Gasteiger charge is -1.98. The Balaban J connectivity index is 4.19. The molecule has 0 aliphatic rings. The number of hydrogen-bond donors (Lipinski definition) is 2. The molecular weight excluding hydrogens is 184 g/mol. The van der Waals surface area contributed by atoms with Crippen LogP contribution in [0.2, 0.25) is 0 Å². The first-order valence-corrected chi connectivity index (χ1v) is 4.81. The van der Waals surface area contributed by atoms with E-state index < -0.39 is 21.8 Å². The highest BCUT2D eigenvalue weighted by Gasteiger charge is 2.10. The van der Waals surface area contributed by atoms with Crippen molar-refractivity contribution in [3.8, 4) is 0 Å². The van der Waals surface area contributed by atoms with Crippen molar-refractivity contribution in [2.75, 3.05) is 5.75 Å². The van der Waals surface area contributed by atoms with Gasteiger partial charge in [0.25, 0.3) is 10.1 Å². The summed E-state index contributed by atoms with van der Waals surface area (Å²) in [4.78, 5) is 10.3. The SMILES string of the molecule is CC=C(CCS(=O)(=O)O)C(=O)O. The van der Waals surface area contributed by atoms with Crippen LogP contribution in [0.15, 0.2) is 11.6 Å². The third-order valence-electron chi connectivity index (χ3n) is 1.25. The summed E-state index contributed by atoms with van der Waals surface area (Å²) in [6, 6.07) is 0. The van der Waals surface area contributed by atoms with Crippen molar-refractivity contribution in [2.24, 2.45) is 0 Å². The van der Waals surface area contributed by atoms with Crippen LogP contribution in [0, 0.1) is 0 Å². The number of hydrogen-bond acceptors (Lipinski definition) is 3. The Morgan fingerprint density at radius 2 is 2.00 bits per heavy atom. The van der Waals surface area contributed by atoms with Gasteiger partial charge in [0, 0.05) is 5.57 Å². The lowest BCUT2D eigenvalue weighted by molar-refractivity contribution is -0.132. The molecule has 12 heavy (non-hydrogen) atoms. The van der Waals surface area contributed by atoms with Gasteiger partial charge in [-0.3, -0.25) is 4.55 Å². The molecular formula is C6H10O5S. The second-order valence-electron chi connectivity index (χ2n) is 2.16. The molecule has 6 heteroatoms. The first kappa shape index (κ1) is 11.1. The van der Waals surface area contributed by atoms with Gasteiger partial charge >= 0.3 is 5.97 Å².